The largest absolute Gasteiger partial charge is 0.325 e. The number of thioether (sulfide) groups is 1. The molecule has 1 amide bonds. The molecule has 0 spiro atoms. The molecule has 3 aromatic rings. The Kier molecular flexibility index (Phi) is 5.82. The summed E-state index contributed by atoms with van der Waals surface area (Å²) in [6.07, 6.45) is 0. The highest BCUT2D eigenvalue weighted by Crippen LogP contribution is 2.24. The Morgan fingerprint density at radius 3 is 2.61 bits per heavy atom. The molecule has 0 aliphatic heterocycles. The molecule has 4 N–H and O–H groups in total. The normalized spacial score (nSPS) is 12.5. The van der Waals surface area contributed by atoms with Crippen molar-refractivity contribution in [2.45, 2.75) is 29.1 Å². The summed E-state index contributed by atoms with van der Waals surface area (Å²) in [6, 6.07) is 13.6. The molecule has 0 saturated carbocycles. The Balaban J connectivity index is 1.66. The molecule has 0 radical (unpaired) electrons. The van der Waals surface area contributed by atoms with Gasteiger partial charge in [0.15, 0.2) is 5.82 Å². The maximum absolute atomic E-state index is 12.4. The van der Waals surface area contributed by atoms with Crippen LogP contribution in [0.5, 0.6) is 0 Å². The molecule has 28 heavy (non-hydrogen) atoms. The van der Waals surface area contributed by atoms with Crippen LogP contribution >= 0.6 is 11.8 Å². The van der Waals surface area contributed by atoms with Gasteiger partial charge in [0.25, 0.3) is 0 Å². The highest BCUT2D eigenvalue weighted by atomic mass is 32.2. The van der Waals surface area contributed by atoms with Crippen molar-refractivity contribution in [3.8, 4) is 11.4 Å². The van der Waals surface area contributed by atoms with Gasteiger partial charge in [-0.05, 0) is 32.0 Å². The van der Waals surface area contributed by atoms with E-state index in [2.05, 4.69) is 20.5 Å². The van der Waals surface area contributed by atoms with Crippen LogP contribution in [-0.2, 0) is 14.8 Å². The van der Waals surface area contributed by atoms with E-state index < -0.39 is 15.3 Å². The van der Waals surface area contributed by atoms with Crippen LogP contribution in [0.2, 0.25) is 0 Å². The SMILES string of the molecule is Cc1ccc(-c2nc(S[C@H](C)C(=O)Nc3cccc(S(N)(=O)=O)c3)n[nH]2)cc1. The van der Waals surface area contributed by atoms with Crippen LogP contribution in [0.25, 0.3) is 11.4 Å². The van der Waals surface area contributed by atoms with Crippen molar-refractivity contribution in [3.05, 3.63) is 54.1 Å². The van der Waals surface area contributed by atoms with Crippen molar-refractivity contribution in [2.24, 2.45) is 5.14 Å². The minimum atomic E-state index is -3.84. The summed E-state index contributed by atoms with van der Waals surface area (Å²) < 4.78 is 22.8. The van der Waals surface area contributed by atoms with Crippen molar-refractivity contribution in [1.29, 1.82) is 0 Å². The topological polar surface area (TPSA) is 131 Å². The van der Waals surface area contributed by atoms with Crippen molar-refractivity contribution in [3.63, 3.8) is 0 Å². The minimum Gasteiger partial charge on any atom is -0.325 e. The summed E-state index contributed by atoms with van der Waals surface area (Å²) in [5.41, 5.74) is 2.40. The van der Waals surface area contributed by atoms with E-state index in [0.717, 1.165) is 11.1 Å². The molecule has 1 aromatic heterocycles. The first kappa shape index (κ1) is 20.1. The molecule has 0 unspecified atom stereocenters. The highest BCUT2D eigenvalue weighted by molar-refractivity contribution is 8.00. The summed E-state index contributed by atoms with van der Waals surface area (Å²) in [4.78, 5) is 16.8. The third kappa shape index (κ3) is 4.97. The zero-order chi connectivity index (χ0) is 20.3. The van der Waals surface area contributed by atoms with Crippen LogP contribution in [-0.4, -0.2) is 34.8 Å². The van der Waals surface area contributed by atoms with Gasteiger partial charge in [-0.25, -0.2) is 18.5 Å². The lowest BCUT2D eigenvalue weighted by Gasteiger charge is -2.10. The Labute approximate surface area is 167 Å². The number of aromatic nitrogens is 3. The molecule has 0 bridgehead atoms. The van der Waals surface area contributed by atoms with Crippen LogP contribution < -0.4 is 10.5 Å². The van der Waals surface area contributed by atoms with Crippen molar-refractivity contribution in [2.75, 3.05) is 5.32 Å². The number of carbonyl (C=O) groups is 1. The lowest BCUT2D eigenvalue weighted by Crippen LogP contribution is -2.22. The third-order valence-electron chi connectivity index (χ3n) is 3.87. The number of nitrogens with zero attached hydrogens (tertiary/aromatic N) is 2. The summed E-state index contributed by atoms with van der Waals surface area (Å²) >= 11 is 1.19. The van der Waals surface area contributed by atoms with Gasteiger partial charge in [0.2, 0.25) is 21.1 Å². The number of primary sulfonamides is 1. The number of rotatable bonds is 6. The molecule has 8 nitrogen and oxygen atoms in total. The maximum atomic E-state index is 12.4. The average molecular weight is 418 g/mol. The second-order valence-corrected chi connectivity index (χ2v) is 9.02. The van der Waals surface area contributed by atoms with E-state index in [1.807, 2.05) is 31.2 Å². The lowest BCUT2D eigenvalue weighted by atomic mass is 10.1. The zero-order valence-corrected chi connectivity index (χ0v) is 16.8. The molecule has 0 aliphatic carbocycles. The predicted molar refractivity (Wildman–Crippen MR) is 108 cm³/mol. The van der Waals surface area contributed by atoms with Crippen LogP contribution in [0.15, 0.2) is 58.6 Å². The molecule has 1 heterocycles. The molecule has 146 valence electrons. The molecule has 2 aromatic carbocycles. The number of anilines is 1. The number of aryl methyl sites for hydroxylation is 1. The van der Waals surface area contributed by atoms with Gasteiger partial charge in [0.05, 0.1) is 10.1 Å². The summed E-state index contributed by atoms with van der Waals surface area (Å²) in [5.74, 6) is 0.314. The first-order valence-electron chi connectivity index (χ1n) is 8.32. The number of H-pyrrole nitrogens is 1. The van der Waals surface area contributed by atoms with Gasteiger partial charge in [0.1, 0.15) is 0 Å². The third-order valence-corrected chi connectivity index (χ3v) is 5.74. The fourth-order valence-corrected chi connectivity index (χ4v) is 3.63. The fraction of sp³-hybridized carbons (Fsp3) is 0.167. The molecule has 1 atom stereocenters. The van der Waals surface area contributed by atoms with E-state index in [0.29, 0.717) is 16.7 Å². The first-order chi connectivity index (χ1) is 13.2. The quantitative estimate of drug-likeness (QED) is 0.528. The van der Waals surface area contributed by atoms with Gasteiger partial charge in [-0.1, -0.05) is 47.7 Å². The standard InChI is InChI=1S/C18H19N5O3S2/c1-11-6-8-13(9-7-11)16-21-18(23-22-16)27-12(2)17(24)20-14-4-3-5-15(10-14)28(19,25)26/h3-10,12H,1-2H3,(H,20,24)(H2,19,25,26)(H,21,22,23)/t12-/m1/s1. The summed E-state index contributed by atoms with van der Waals surface area (Å²) in [6.45, 7) is 3.72. The van der Waals surface area contributed by atoms with Gasteiger partial charge in [-0.3, -0.25) is 9.89 Å². The lowest BCUT2D eigenvalue weighted by molar-refractivity contribution is -0.115. The number of carbonyl (C=O) groups excluding carboxylic acids is 1. The van der Waals surface area contributed by atoms with Crippen molar-refractivity contribution >= 4 is 33.4 Å². The smallest absolute Gasteiger partial charge is 0.238 e. The number of hydrogen-bond acceptors (Lipinski definition) is 6. The zero-order valence-electron chi connectivity index (χ0n) is 15.2. The number of amides is 1. The van der Waals surface area contributed by atoms with Crippen LogP contribution in [0.4, 0.5) is 5.69 Å². The Bertz CT molecular complexity index is 1090. The van der Waals surface area contributed by atoms with Gasteiger partial charge in [-0.15, -0.1) is 5.10 Å². The fourth-order valence-electron chi connectivity index (χ4n) is 2.35. The molecule has 10 heteroatoms. The average Bonchev–Trinajstić information content (AvgIpc) is 3.10. The van der Waals surface area contributed by atoms with E-state index >= 15 is 0 Å². The molecule has 3 rings (SSSR count). The number of sulfonamides is 1. The monoisotopic (exact) mass is 417 g/mol. The predicted octanol–water partition coefficient (Wildman–Crippen LogP) is 2.55. The van der Waals surface area contributed by atoms with E-state index in [1.54, 1.807) is 13.0 Å². The number of nitrogens with one attached hydrogen (secondary N) is 2. The van der Waals surface area contributed by atoms with E-state index in [1.165, 1.54) is 30.0 Å². The van der Waals surface area contributed by atoms with Gasteiger partial charge < -0.3 is 5.32 Å². The second-order valence-electron chi connectivity index (χ2n) is 6.15. The minimum absolute atomic E-state index is 0.0673. The van der Waals surface area contributed by atoms with Gasteiger partial charge in [0, 0.05) is 11.3 Å². The Morgan fingerprint density at radius 1 is 1.21 bits per heavy atom. The number of benzene rings is 2. The Hall–Kier alpha value is -2.69. The molecule has 0 fully saturated rings. The molecule has 0 aliphatic rings. The van der Waals surface area contributed by atoms with Crippen molar-refractivity contribution in [1.82, 2.24) is 15.2 Å². The van der Waals surface area contributed by atoms with Gasteiger partial charge >= 0.3 is 0 Å². The summed E-state index contributed by atoms with van der Waals surface area (Å²) in [5, 5.41) is 14.7. The summed E-state index contributed by atoms with van der Waals surface area (Å²) in [7, 11) is -3.84. The van der Waals surface area contributed by atoms with E-state index in [-0.39, 0.29) is 10.8 Å². The highest BCUT2D eigenvalue weighted by Gasteiger charge is 2.18. The van der Waals surface area contributed by atoms with E-state index in [9.17, 15) is 13.2 Å². The Morgan fingerprint density at radius 2 is 1.93 bits per heavy atom. The number of hydrogen-bond donors (Lipinski definition) is 3. The second kappa shape index (κ2) is 8.13. The van der Waals surface area contributed by atoms with Gasteiger partial charge in [-0.2, -0.15) is 0 Å². The van der Waals surface area contributed by atoms with Crippen LogP contribution in [0, 0.1) is 6.92 Å². The maximum Gasteiger partial charge on any atom is 0.238 e. The number of nitrogens with two attached hydrogens (primary N) is 1. The van der Waals surface area contributed by atoms with Crippen molar-refractivity contribution < 1.29 is 13.2 Å². The molecule has 0 saturated heterocycles. The van der Waals surface area contributed by atoms with E-state index in [4.69, 9.17) is 5.14 Å². The molecular weight excluding hydrogens is 398 g/mol. The first-order valence-corrected chi connectivity index (χ1v) is 10.7. The van der Waals surface area contributed by atoms with Crippen LogP contribution in [0.1, 0.15) is 12.5 Å². The number of aromatic amines is 1. The molecular formula is C18H19N5O3S2. The van der Waals surface area contributed by atoms with Crippen LogP contribution in [0.3, 0.4) is 0 Å².